The number of alkyl carbamates (subject to hydrolysis) is 1. The molecule has 2 rings (SSSR count). The fraction of sp³-hybridized carbons (Fsp3) is 0.381. The molecule has 0 radical (unpaired) electrons. The number of methoxy groups -OCH3 is 1. The van der Waals surface area contributed by atoms with Gasteiger partial charge in [-0.25, -0.2) is 9.59 Å². The van der Waals surface area contributed by atoms with Crippen LogP contribution in [0, 0.1) is 13.8 Å². The number of pyridine rings is 1. The Morgan fingerprint density at radius 1 is 1.11 bits per heavy atom. The van der Waals surface area contributed by atoms with Gasteiger partial charge in [0.2, 0.25) is 0 Å². The first kappa shape index (κ1) is 20.4. The highest BCUT2D eigenvalue weighted by molar-refractivity contribution is 5.93. The van der Waals surface area contributed by atoms with Crippen LogP contribution < -0.4 is 5.32 Å². The van der Waals surface area contributed by atoms with Gasteiger partial charge in [0.15, 0.2) is 0 Å². The predicted molar refractivity (Wildman–Crippen MR) is 104 cm³/mol. The highest BCUT2D eigenvalue weighted by Gasteiger charge is 2.18. The molecule has 0 unspecified atom stereocenters. The standard InChI is InChI=1S/C21H26N2O4/c1-13-9-15(7-8-22-13)16-10-17(12-23-20(25)27-21(3,4)5)14(2)18(11-16)19(24)26-6/h7-11H,12H2,1-6H3,(H,23,25). The molecule has 6 heteroatoms. The van der Waals surface area contributed by atoms with Gasteiger partial charge in [-0.15, -0.1) is 0 Å². The maximum absolute atomic E-state index is 12.2. The Labute approximate surface area is 159 Å². The summed E-state index contributed by atoms with van der Waals surface area (Å²) in [6.07, 6.45) is 1.22. The van der Waals surface area contributed by atoms with E-state index in [1.54, 1.807) is 33.0 Å². The van der Waals surface area contributed by atoms with Crippen LogP contribution >= 0.6 is 0 Å². The van der Waals surface area contributed by atoms with E-state index in [0.29, 0.717) is 5.56 Å². The molecule has 0 spiro atoms. The van der Waals surface area contributed by atoms with Gasteiger partial charge in [-0.05, 0) is 81.1 Å². The maximum atomic E-state index is 12.2. The van der Waals surface area contributed by atoms with Gasteiger partial charge in [0, 0.05) is 18.4 Å². The van der Waals surface area contributed by atoms with E-state index in [9.17, 15) is 9.59 Å². The number of nitrogens with one attached hydrogen (secondary N) is 1. The number of ether oxygens (including phenoxy) is 2. The van der Waals surface area contributed by atoms with Gasteiger partial charge in [-0.2, -0.15) is 0 Å². The van der Waals surface area contributed by atoms with Crippen molar-refractivity contribution in [2.24, 2.45) is 0 Å². The lowest BCUT2D eigenvalue weighted by atomic mass is 9.95. The summed E-state index contributed by atoms with van der Waals surface area (Å²) in [5, 5.41) is 2.74. The third kappa shape index (κ3) is 5.54. The van der Waals surface area contributed by atoms with Crippen LogP contribution in [0.4, 0.5) is 4.79 Å². The quantitative estimate of drug-likeness (QED) is 0.817. The highest BCUT2D eigenvalue weighted by atomic mass is 16.6. The molecule has 0 aliphatic heterocycles. The van der Waals surface area contributed by atoms with Crippen LogP contribution in [0.15, 0.2) is 30.5 Å². The Kier molecular flexibility index (Phi) is 6.20. The van der Waals surface area contributed by atoms with E-state index in [4.69, 9.17) is 9.47 Å². The fourth-order valence-corrected chi connectivity index (χ4v) is 2.65. The van der Waals surface area contributed by atoms with E-state index in [0.717, 1.165) is 27.9 Å². The van der Waals surface area contributed by atoms with E-state index in [1.807, 2.05) is 32.0 Å². The Morgan fingerprint density at radius 3 is 2.41 bits per heavy atom. The van der Waals surface area contributed by atoms with Crippen LogP contribution in [0.1, 0.15) is 48.0 Å². The lowest BCUT2D eigenvalue weighted by molar-refractivity contribution is 0.0523. The van der Waals surface area contributed by atoms with Crippen LogP contribution in [-0.4, -0.2) is 29.8 Å². The van der Waals surface area contributed by atoms with Crippen LogP contribution in [0.25, 0.3) is 11.1 Å². The van der Waals surface area contributed by atoms with Crippen molar-refractivity contribution in [2.45, 2.75) is 46.8 Å². The summed E-state index contributed by atoms with van der Waals surface area (Å²) >= 11 is 0. The normalized spacial score (nSPS) is 11.0. The SMILES string of the molecule is COC(=O)c1cc(-c2ccnc(C)c2)cc(CNC(=O)OC(C)(C)C)c1C. The van der Waals surface area contributed by atoms with Crippen LogP contribution in [0.5, 0.6) is 0 Å². The number of aromatic nitrogens is 1. The molecule has 0 bridgehead atoms. The van der Waals surface area contributed by atoms with Crippen molar-refractivity contribution in [1.82, 2.24) is 10.3 Å². The average molecular weight is 370 g/mol. The lowest BCUT2D eigenvalue weighted by Crippen LogP contribution is -2.32. The molecule has 1 N–H and O–H groups in total. The minimum Gasteiger partial charge on any atom is -0.465 e. The summed E-state index contributed by atoms with van der Waals surface area (Å²) in [5.74, 6) is -0.418. The number of carbonyl (C=O) groups is 2. The second-order valence-electron chi connectivity index (χ2n) is 7.34. The van der Waals surface area contributed by atoms with Crippen LogP contribution in [-0.2, 0) is 16.0 Å². The summed E-state index contributed by atoms with van der Waals surface area (Å²) in [5.41, 5.74) is 4.12. The number of hydrogen-bond donors (Lipinski definition) is 1. The maximum Gasteiger partial charge on any atom is 0.407 e. The van der Waals surface area contributed by atoms with Crippen molar-refractivity contribution >= 4 is 12.1 Å². The molecule has 0 saturated carbocycles. The number of benzene rings is 1. The molecule has 27 heavy (non-hydrogen) atoms. The molecular weight excluding hydrogens is 344 g/mol. The summed E-state index contributed by atoms with van der Waals surface area (Å²) in [6, 6.07) is 7.57. The number of carbonyl (C=O) groups excluding carboxylic acids is 2. The molecule has 1 amide bonds. The molecule has 2 aromatic rings. The zero-order valence-electron chi connectivity index (χ0n) is 16.7. The molecule has 1 aromatic carbocycles. The first-order valence-electron chi connectivity index (χ1n) is 8.72. The first-order chi connectivity index (χ1) is 12.6. The number of aryl methyl sites for hydroxylation is 1. The Bertz CT molecular complexity index is 854. The second kappa shape index (κ2) is 8.20. The minimum absolute atomic E-state index is 0.239. The van der Waals surface area contributed by atoms with Gasteiger partial charge >= 0.3 is 12.1 Å². The second-order valence-corrected chi connectivity index (χ2v) is 7.34. The van der Waals surface area contributed by atoms with Crippen molar-refractivity contribution in [1.29, 1.82) is 0 Å². The van der Waals surface area contributed by atoms with E-state index in [-0.39, 0.29) is 6.54 Å². The third-order valence-electron chi connectivity index (χ3n) is 3.97. The topological polar surface area (TPSA) is 77.5 Å². The van der Waals surface area contributed by atoms with E-state index in [2.05, 4.69) is 10.3 Å². The zero-order chi connectivity index (χ0) is 20.2. The largest absolute Gasteiger partial charge is 0.465 e. The smallest absolute Gasteiger partial charge is 0.407 e. The number of amides is 1. The van der Waals surface area contributed by atoms with Crippen molar-refractivity contribution in [3.05, 3.63) is 52.8 Å². The van der Waals surface area contributed by atoms with Gasteiger partial charge in [0.1, 0.15) is 5.60 Å². The first-order valence-corrected chi connectivity index (χ1v) is 8.72. The minimum atomic E-state index is -0.577. The Morgan fingerprint density at radius 2 is 1.81 bits per heavy atom. The predicted octanol–water partition coefficient (Wildman–Crippen LogP) is 4.18. The molecular formula is C21H26N2O4. The molecule has 0 atom stereocenters. The molecule has 1 aromatic heterocycles. The molecule has 0 saturated heterocycles. The van der Waals surface area contributed by atoms with Crippen LogP contribution in [0.3, 0.4) is 0 Å². The third-order valence-corrected chi connectivity index (χ3v) is 3.97. The van der Waals surface area contributed by atoms with Gasteiger partial charge in [-0.3, -0.25) is 4.98 Å². The monoisotopic (exact) mass is 370 g/mol. The summed E-state index contributed by atoms with van der Waals surface area (Å²) < 4.78 is 10.2. The molecule has 1 heterocycles. The Balaban J connectivity index is 2.39. The van der Waals surface area contributed by atoms with Crippen molar-refractivity contribution in [3.8, 4) is 11.1 Å². The van der Waals surface area contributed by atoms with Gasteiger partial charge in [-0.1, -0.05) is 0 Å². The number of nitrogens with zero attached hydrogens (tertiary/aromatic N) is 1. The molecule has 0 fully saturated rings. The lowest BCUT2D eigenvalue weighted by Gasteiger charge is -2.20. The number of esters is 1. The van der Waals surface area contributed by atoms with E-state index < -0.39 is 17.7 Å². The van der Waals surface area contributed by atoms with E-state index in [1.165, 1.54) is 7.11 Å². The summed E-state index contributed by atoms with van der Waals surface area (Å²) in [4.78, 5) is 28.4. The van der Waals surface area contributed by atoms with Crippen LogP contribution in [0.2, 0.25) is 0 Å². The van der Waals surface area contributed by atoms with Gasteiger partial charge < -0.3 is 14.8 Å². The zero-order valence-corrected chi connectivity index (χ0v) is 16.7. The summed E-state index contributed by atoms with van der Waals surface area (Å²) in [7, 11) is 1.35. The molecule has 0 aliphatic carbocycles. The fourth-order valence-electron chi connectivity index (χ4n) is 2.65. The van der Waals surface area contributed by atoms with Crippen molar-refractivity contribution < 1.29 is 19.1 Å². The van der Waals surface area contributed by atoms with Crippen molar-refractivity contribution in [2.75, 3.05) is 7.11 Å². The van der Waals surface area contributed by atoms with Gasteiger partial charge in [0.05, 0.1) is 12.7 Å². The molecule has 0 aliphatic rings. The van der Waals surface area contributed by atoms with Crippen molar-refractivity contribution in [3.63, 3.8) is 0 Å². The Hall–Kier alpha value is -2.89. The molecule has 6 nitrogen and oxygen atoms in total. The van der Waals surface area contributed by atoms with E-state index >= 15 is 0 Å². The number of rotatable bonds is 4. The number of hydrogen-bond acceptors (Lipinski definition) is 5. The van der Waals surface area contributed by atoms with Gasteiger partial charge in [0.25, 0.3) is 0 Å². The average Bonchev–Trinajstić information content (AvgIpc) is 2.58. The summed E-state index contributed by atoms with van der Waals surface area (Å²) in [6.45, 7) is 9.39. The highest BCUT2D eigenvalue weighted by Crippen LogP contribution is 2.26. The molecule has 144 valence electrons.